The van der Waals surface area contributed by atoms with Crippen molar-refractivity contribution in [1.29, 1.82) is 0 Å². The van der Waals surface area contributed by atoms with Gasteiger partial charge in [0.15, 0.2) is 0 Å². The number of hydrogen-bond donors (Lipinski definition) is 1. The number of nitrogens with zero attached hydrogens (tertiary/aromatic N) is 3. The Kier molecular flexibility index (Phi) is 6.58. The number of para-hydroxylation sites is 3. The van der Waals surface area contributed by atoms with E-state index in [4.69, 9.17) is 9.72 Å². The summed E-state index contributed by atoms with van der Waals surface area (Å²) in [4.78, 5) is 20.2. The van der Waals surface area contributed by atoms with Crippen molar-refractivity contribution in [2.24, 2.45) is 5.92 Å². The van der Waals surface area contributed by atoms with Crippen LogP contribution in [0.25, 0.3) is 11.0 Å². The topological polar surface area (TPSA) is 59.4 Å². The second-order valence-electron chi connectivity index (χ2n) is 8.88. The molecule has 1 fully saturated rings. The molecule has 1 saturated heterocycles. The molecule has 6 heteroatoms. The normalized spacial score (nSPS) is 16.4. The molecular formula is C28H30N4O2. The minimum Gasteiger partial charge on any atom is -0.497 e. The van der Waals surface area contributed by atoms with Crippen LogP contribution in [0.4, 0.5) is 5.69 Å². The number of carbonyl (C=O) groups is 1. The predicted octanol–water partition coefficient (Wildman–Crippen LogP) is 4.94. The van der Waals surface area contributed by atoms with E-state index in [9.17, 15) is 4.79 Å². The average molecular weight is 455 g/mol. The van der Waals surface area contributed by atoms with E-state index in [2.05, 4.69) is 45.1 Å². The van der Waals surface area contributed by atoms with Gasteiger partial charge in [0.25, 0.3) is 0 Å². The molecule has 1 aliphatic rings. The first-order valence-electron chi connectivity index (χ1n) is 11.8. The summed E-state index contributed by atoms with van der Waals surface area (Å²) < 4.78 is 7.60. The summed E-state index contributed by atoms with van der Waals surface area (Å²) in [6, 6.07) is 26.2. The van der Waals surface area contributed by atoms with Crippen LogP contribution in [0, 0.1) is 5.92 Å². The number of imidazole rings is 1. The Morgan fingerprint density at radius 2 is 1.76 bits per heavy atom. The van der Waals surface area contributed by atoms with Crippen LogP contribution in [0.3, 0.4) is 0 Å². The highest BCUT2D eigenvalue weighted by Crippen LogP contribution is 2.24. The zero-order valence-electron chi connectivity index (χ0n) is 19.5. The number of nitrogens with one attached hydrogen (secondary N) is 1. The first kappa shape index (κ1) is 22.2. The van der Waals surface area contributed by atoms with Crippen LogP contribution in [0.5, 0.6) is 5.75 Å². The third-order valence-corrected chi connectivity index (χ3v) is 6.52. The first-order chi connectivity index (χ1) is 16.7. The van der Waals surface area contributed by atoms with E-state index in [1.165, 1.54) is 5.56 Å². The maximum Gasteiger partial charge on any atom is 0.228 e. The molecule has 6 nitrogen and oxygen atoms in total. The summed E-state index contributed by atoms with van der Waals surface area (Å²) in [6.45, 7) is 3.18. The number of anilines is 1. The molecule has 1 atom stereocenters. The van der Waals surface area contributed by atoms with Gasteiger partial charge in [0.05, 0.1) is 30.6 Å². The van der Waals surface area contributed by atoms with E-state index in [1.807, 2.05) is 48.5 Å². The number of fused-ring (bicyclic) bond motifs is 1. The van der Waals surface area contributed by atoms with Crippen molar-refractivity contribution < 1.29 is 9.53 Å². The lowest BCUT2D eigenvalue weighted by atomic mass is 9.97. The number of amides is 1. The lowest BCUT2D eigenvalue weighted by Gasteiger charge is -2.31. The minimum absolute atomic E-state index is 0.0200. The van der Waals surface area contributed by atoms with E-state index < -0.39 is 0 Å². The van der Waals surface area contributed by atoms with Gasteiger partial charge >= 0.3 is 0 Å². The number of benzene rings is 3. The Hall–Kier alpha value is -3.64. The quantitative estimate of drug-likeness (QED) is 0.430. The number of hydrogen-bond acceptors (Lipinski definition) is 4. The summed E-state index contributed by atoms with van der Waals surface area (Å²) in [5.74, 6) is 1.96. The fourth-order valence-electron chi connectivity index (χ4n) is 4.72. The van der Waals surface area contributed by atoms with Crippen molar-refractivity contribution >= 4 is 22.6 Å². The van der Waals surface area contributed by atoms with Crippen LogP contribution in [-0.4, -0.2) is 40.6 Å². The van der Waals surface area contributed by atoms with Crippen LogP contribution < -0.4 is 10.1 Å². The van der Waals surface area contributed by atoms with Gasteiger partial charge in [-0.15, -0.1) is 0 Å². The molecule has 0 unspecified atom stereocenters. The summed E-state index contributed by atoms with van der Waals surface area (Å²) in [5, 5.41) is 3.07. The zero-order chi connectivity index (χ0) is 23.3. The van der Waals surface area contributed by atoms with Crippen molar-refractivity contribution in [2.75, 3.05) is 25.5 Å². The maximum absolute atomic E-state index is 12.9. The number of likely N-dealkylation sites (tertiary alicyclic amines) is 1. The van der Waals surface area contributed by atoms with Gasteiger partial charge < -0.3 is 14.6 Å². The molecule has 4 aromatic rings. The summed E-state index contributed by atoms with van der Waals surface area (Å²) in [5.41, 5.74) is 4.18. The monoisotopic (exact) mass is 454 g/mol. The molecule has 0 spiro atoms. The molecular weight excluding hydrogens is 424 g/mol. The highest BCUT2D eigenvalue weighted by molar-refractivity contribution is 5.92. The third kappa shape index (κ3) is 4.97. The van der Waals surface area contributed by atoms with Gasteiger partial charge in [-0.25, -0.2) is 4.98 Å². The minimum atomic E-state index is -0.0200. The van der Waals surface area contributed by atoms with E-state index in [0.717, 1.165) is 67.3 Å². The molecule has 0 bridgehead atoms. The smallest absolute Gasteiger partial charge is 0.228 e. The van der Waals surface area contributed by atoms with Crippen molar-refractivity contribution in [2.45, 2.75) is 25.9 Å². The van der Waals surface area contributed by atoms with Crippen molar-refractivity contribution in [3.05, 3.63) is 90.3 Å². The Labute approximate surface area is 200 Å². The zero-order valence-corrected chi connectivity index (χ0v) is 19.5. The SMILES string of the molecule is COc1ccc(Cn2c(CN3CCC[C@@H](C(=O)Nc4ccccc4)C3)nc3ccccc32)cc1. The maximum atomic E-state index is 12.9. The molecule has 1 amide bonds. The van der Waals surface area contributed by atoms with Crippen LogP contribution in [0.1, 0.15) is 24.2 Å². The van der Waals surface area contributed by atoms with Crippen LogP contribution in [-0.2, 0) is 17.9 Å². The fraction of sp³-hybridized carbons (Fsp3) is 0.286. The predicted molar refractivity (Wildman–Crippen MR) is 135 cm³/mol. The molecule has 1 aromatic heterocycles. The molecule has 0 aliphatic carbocycles. The second kappa shape index (κ2) is 10.1. The summed E-state index contributed by atoms with van der Waals surface area (Å²) in [6.07, 6.45) is 1.92. The van der Waals surface area contributed by atoms with Crippen LogP contribution >= 0.6 is 0 Å². The molecule has 5 rings (SSSR count). The van der Waals surface area contributed by atoms with Crippen LogP contribution in [0.2, 0.25) is 0 Å². The van der Waals surface area contributed by atoms with Crippen molar-refractivity contribution in [3.63, 3.8) is 0 Å². The molecule has 1 N–H and O–H groups in total. The van der Waals surface area contributed by atoms with Crippen LogP contribution in [0.15, 0.2) is 78.9 Å². The Balaban J connectivity index is 1.33. The van der Waals surface area contributed by atoms with E-state index >= 15 is 0 Å². The number of methoxy groups -OCH3 is 1. The van der Waals surface area contributed by atoms with Crippen molar-refractivity contribution in [3.8, 4) is 5.75 Å². The molecule has 3 aromatic carbocycles. The summed E-state index contributed by atoms with van der Waals surface area (Å²) in [7, 11) is 1.68. The highest BCUT2D eigenvalue weighted by atomic mass is 16.5. The lowest BCUT2D eigenvalue weighted by Crippen LogP contribution is -2.40. The van der Waals surface area contributed by atoms with Crippen molar-refractivity contribution in [1.82, 2.24) is 14.5 Å². The number of piperidine rings is 1. The van der Waals surface area contributed by atoms with Gasteiger partial charge in [0, 0.05) is 18.8 Å². The number of carbonyl (C=O) groups excluding carboxylic acids is 1. The highest BCUT2D eigenvalue weighted by Gasteiger charge is 2.27. The largest absolute Gasteiger partial charge is 0.497 e. The standard InChI is InChI=1S/C28H30N4O2/c1-34-24-15-13-21(14-16-24)18-32-26-12-6-5-11-25(26)30-27(32)20-31-17-7-8-22(19-31)28(33)29-23-9-3-2-4-10-23/h2-6,9-16,22H,7-8,17-20H2,1H3,(H,29,33)/t22-/m1/s1. The second-order valence-corrected chi connectivity index (χ2v) is 8.88. The molecule has 2 heterocycles. The van der Waals surface area contributed by atoms with Gasteiger partial charge in [-0.1, -0.05) is 42.5 Å². The average Bonchev–Trinajstić information content (AvgIpc) is 3.22. The molecule has 0 radical (unpaired) electrons. The van der Waals surface area contributed by atoms with E-state index in [0.29, 0.717) is 0 Å². The number of rotatable bonds is 7. The Bertz CT molecular complexity index is 1250. The van der Waals surface area contributed by atoms with Gasteiger partial charge in [0.1, 0.15) is 11.6 Å². The third-order valence-electron chi connectivity index (χ3n) is 6.52. The van der Waals surface area contributed by atoms with Gasteiger partial charge in [-0.05, 0) is 61.3 Å². The summed E-state index contributed by atoms with van der Waals surface area (Å²) >= 11 is 0. The first-order valence-corrected chi connectivity index (χ1v) is 11.8. The number of ether oxygens (including phenoxy) is 1. The van der Waals surface area contributed by atoms with Gasteiger partial charge in [0.2, 0.25) is 5.91 Å². The fourth-order valence-corrected chi connectivity index (χ4v) is 4.72. The Morgan fingerprint density at radius 3 is 2.56 bits per heavy atom. The molecule has 0 saturated carbocycles. The molecule has 174 valence electrons. The van der Waals surface area contributed by atoms with E-state index in [-0.39, 0.29) is 11.8 Å². The van der Waals surface area contributed by atoms with Gasteiger partial charge in [-0.2, -0.15) is 0 Å². The molecule has 1 aliphatic heterocycles. The lowest BCUT2D eigenvalue weighted by molar-refractivity contribution is -0.121. The Morgan fingerprint density at radius 1 is 1.00 bits per heavy atom. The number of aromatic nitrogens is 2. The van der Waals surface area contributed by atoms with Gasteiger partial charge in [-0.3, -0.25) is 9.69 Å². The molecule has 34 heavy (non-hydrogen) atoms. The van der Waals surface area contributed by atoms with E-state index in [1.54, 1.807) is 7.11 Å².